The largest absolute Gasteiger partial charge is 0.493 e. The second kappa shape index (κ2) is 11.3. The number of nitrogens with zero attached hydrogens (tertiary/aromatic N) is 2. The molecule has 1 N–H and O–H groups in total. The molecule has 1 saturated heterocycles. The van der Waals surface area contributed by atoms with Crippen LogP contribution in [0.25, 0.3) is 0 Å². The quantitative estimate of drug-likeness (QED) is 0.421. The van der Waals surface area contributed by atoms with Gasteiger partial charge in [0, 0.05) is 48.5 Å². The fourth-order valence-corrected chi connectivity index (χ4v) is 4.82. The van der Waals surface area contributed by atoms with Gasteiger partial charge in [-0.2, -0.15) is 17.6 Å². The normalized spacial score (nSPS) is 23.8. The molecule has 4 atom stereocenters. The second-order valence-corrected chi connectivity index (χ2v) is 10.6. The molecule has 7 nitrogen and oxygen atoms in total. The van der Waals surface area contributed by atoms with Crippen molar-refractivity contribution in [3.05, 3.63) is 53.4 Å². The lowest BCUT2D eigenvalue weighted by Crippen LogP contribution is -2.47. The summed E-state index contributed by atoms with van der Waals surface area (Å²) >= 11 is 0. The lowest BCUT2D eigenvalue weighted by molar-refractivity contribution is -0.272. The van der Waals surface area contributed by atoms with Crippen LogP contribution in [0.15, 0.2) is 30.5 Å². The molecule has 12 heteroatoms. The number of rotatable bonds is 9. The predicted molar refractivity (Wildman–Crippen MR) is 134 cm³/mol. The standard InChI is InChI=1S/C27H34F5N3O4/c1-15-20(18-8-9-19(28)21(29)22(18)38-7)23(39-26(15,4)27(30,31)32)24(36)34-16-10-11-33-17(12-16)13-35(5)25(2,3)14-37-6/h8-12,15,20,23H,13-14H2,1-7H3,(H,33,34,36)/t15-,20-,23+,26+/m0/s1. The van der Waals surface area contributed by atoms with Crippen molar-refractivity contribution in [3.63, 3.8) is 0 Å². The minimum absolute atomic E-state index is 0.102. The second-order valence-electron chi connectivity index (χ2n) is 10.6. The van der Waals surface area contributed by atoms with Crippen molar-refractivity contribution in [3.8, 4) is 5.75 Å². The number of carbonyl (C=O) groups excluding carboxylic acids is 1. The van der Waals surface area contributed by atoms with Gasteiger partial charge in [0.15, 0.2) is 17.2 Å². The van der Waals surface area contributed by atoms with Crippen LogP contribution in [0, 0.1) is 17.6 Å². The number of halogens is 5. The minimum atomic E-state index is -4.85. The molecule has 1 fully saturated rings. The number of carbonyl (C=O) groups is 1. The lowest BCUT2D eigenvalue weighted by Gasteiger charge is -2.34. The van der Waals surface area contributed by atoms with Gasteiger partial charge in [0.1, 0.15) is 6.10 Å². The van der Waals surface area contributed by atoms with E-state index in [9.17, 15) is 26.7 Å². The molecule has 0 saturated carbocycles. The number of nitrogens with one attached hydrogen (secondary N) is 1. The van der Waals surface area contributed by atoms with Crippen molar-refractivity contribution in [1.82, 2.24) is 9.88 Å². The number of benzene rings is 1. The third-order valence-corrected chi connectivity index (χ3v) is 7.58. The number of amides is 1. The van der Waals surface area contributed by atoms with Crippen LogP contribution in [-0.4, -0.2) is 67.1 Å². The minimum Gasteiger partial charge on any atom is -0.493 e. The Bertz CT molecular complexity index is 1190. The molecule has 1 aliphatic rings. The Morgan fingerprint density at radius 2 is 1.87 bits per heavy atom. The van der Waals surface area contributed by atoms with Crippen molar-refractivity contribution < 1.29 is 41.0 Å². The summed E-state index contributed by atoms with van der Waals surface area (Å²) in [5, 5.41) is 2.61. The Morgan fingerprint density at radius 3 is 2.46 bits per heavy atom. The average molecular weight is 560 g/mol. The third kappa shape index (κ3) is 6.02. The van der Waals surface area contributed by atoms with Crippen LogP contribution in [0.5, 0.6) is 5.75 Å². The van der Waals surface area contributed by atoms with Crippen molar-refractivity contribution >= 4 is 11.6 Å². The number of hydrogen-bond donors (Lipinski definition) is 1. The molecule has 1 amide bonds. The molecular formula is C27H34F5N3O4. The van der Waals surface area contributed by atoms with Gasteiger partial charge in [-0.3, -0.25) is 14.7 Å². The van der Waals surface area contributed by atoms with Gasteiger partial charge < -0.3 is 19.5 Å². The zero-order chi connectivity index (χ0) is 29.3. The van der Waals surface area contributed by atoms with Gasteiger partial charge in [0.05, 0.1) is 19.4 Å². The first-order chi connectivity index (χ1) is 18.1. The first-order valence-electron chi connectivity index (χ1n) is 12.3. The first-order valence-corrected chi connectivity index (χ1v) is 12.3. The molecule has 1 aromatic carbocycles. The molecule has 0 unspecified atom stereocenters. The summed E-state index contributed by atoms with van der Waals surface area (Å²) in [6.45, 7) is 6.94. The maximum absolute atomic E-state index is 14.5. The molecule has 1 aliphatic heterocycles. The number of alkyl halides is 3. The van der Waals surface area contributed by atoms with Crippen LogP contribution < -0.4 is 10.1 Å². The Morgan fingerprint density at radius 1 is 1.21 bits per heavy atom. The summed E-state index contributed by atoms with van der Waals surface area (Å²) in [4.78, 5) is 19.8. The smallest absolute Gasteiger partial charge is 0.417 e. The molecule has 216 valence electrons. The monoisotopic (exact) mass is 559 g/mol. The lowest BCUT2D eigenvalue weighted by atomic mass is 9.77. The maximum Gasteiger partial charge on any atom is 0.417 e. The van der Waals surface area contributed by atoms with Crippen molar-refractivity contribution in [2.24, 2.45) is 5.92 Å². The van der Waals surface area contributed by atoms with E-state index in [4.69, 9.17) is 14.2 Å². The van der Waals surface area contributed by atoms with Crippen LogP contribution >= 0.6 is 0 Å². The maximum atomic E-state index is 14.5. The van der Waals surface area contributed by atoms with Crippen molar-refractivity contribution in [2.45, 2.75) is 63.6 Å². The van der Waals surface area contributed by atoms with E-state index in [0.717, 1.165) is 26.2 Å². The van der Waals surface area contributed by atoms with Gasteiger partial charge in [0.2, 0.25) is 5.82 Å². The fraction of sp³-hybridized carbons (Fsp3) is 0.556. The molecule has 2 aromatic rings. The van der Waals surface area contributed by atoms with E-state index in [1.54, 1.807) is 13.2 Å². The van der Waals surface area contributed by atoms with E-state index in [2.05, 4.69) is 10.3 Å². The topological polar surface area (TPSA) is 72.9 Å². The van der Waals surface area contributed by atoms with Crippen molar-refractivity contribution in [2.75, 3.05) is 33.2 Å². The van der Waals surface area contributed by atoms with Gasteiger partial charge in [-0.15, -0.1) is 0 Å². The fourth-order valence-electron chi connectivity index (χ4n) is 4.82. The van der Waals surface area contributed by atoms with E-state index >= 15 is 0 Å². The van der Waals surface area contributed by atoms with Gasteiger partial charge in [-0.05, 0) is 46.0 Å². The highest BCUT2D eigenvalue weighted by molar-refractivity contribution is 5.95. The Labute approximate surface area is 224 Å². The van der Waals surface area contributed by atoms with Crippen LogP contribution in [-0.2, 0) is 20.8 Å². The highest BCUT2D eigenvalue weighted by Gasteiger charge is 2.65. The summed E-state index contributed by atoms with van der Waals surface area (Å²) in [5.41, 5.74) is -2.28. The van der Waals surface area contributed by atoms with E-state index < -0.39 is 53.0 Å². The molecule has 0 bridgehead atoms. The number of anilines is 1. The SMILES string of the molecule is COCC(C)(C)N(C)Cc1cc(NC(=O)[C@@H]2O[C@@](C)(C(F)(F)F)[C@@H](C)[C@H]2c2ccc(F)c(F)c2OC)ccn1. The zero-order valence-electron chi connectivity index (χ0n) is 23.0. The van der Waals surface area contributed by atoms with E-state index in [0.29, 0.717) is 18.8 Å². The van der Waals surface area contributed by atoms with Crippen LogP contribution in [0.4, 0.5) is 27.6 Å². The van der Waals surface area contributed by atoms with Crippen LogP contribution in [0.3, 0.4) is 0 Å². The van der Waals surface area contributed by atoms with Gasteiger partial charge in [-0.25, -0.2) is 4.39 Å². The summed E-state index contributed by atoms with van der Waals surface area (Å²) in [7, 11) is 4.56. The Balaban J connectivity index is 1.95. The number of aromatic nitrogens is 1. The Hall–Kier alpha value is -2.83. The molecule has 0 radical (unpaired) electrons. The highest BCUT2D eigenvalue weighted by Crippen LogP contribution is 2.55. The molecule has 3 rings (SSSR count). The van der Waals surface area contributed by atoms with Gasteiger partial charge >= 0.3 is 6.18 Å². The summed E-state index contributed by atoms with van der Waals surface area (Å²) in [6.07, 6.45) is -5.07. The van der Waals surface area contributed by atoms with Crippen LogP contribution in [0.2, 0.25) is 0 Å². The predicted octanol–water partition coefficient (Wildman–Crippen LogP) is 5.30. The van der Waals surface area contributed by atoms with E-state index in [-0.39, 0.29) is 16.8 Å². The highest BCUT2D eigenvalue weighted by atomic mass is 19.4. The van der Waals surface area contributed by atoms with Crippen LogP contribution in [0.1, 0.15) is 44.9 Å². The number of methoxy groups -OCH3 is 2. The molecular weight excluding hydrogens is 525 g/mol. The van der Waals surface area contributed by atoms with E-state index in [1.165, 1.54) is 19.2 Å². The van der Waals surface area contributed by atoms with Gasteiger partial charge in [0.25, 0.3) is 5.91 Å². The average Bonchev–Trinajstić information content (AvgIpc) is 3.12. The molecule has 39 heavy (non-hydrogen) atoms. The molecule has 0 aliphatic carbocycles. The molecule has 0 spiro atoms. The third-order valence-electron chi connectivity index (χ3n) is 7.58. The number of pyridine rings is 1. The van der Waals surface area contributed by atoms with Crippen molar-refractivity contribution in [1.29, 1.82) is 0 Å². The van der Waals surface area contributed by atoms with Gasteiger partial charge in [-0.1, -0.05) is 13.0 Å². The summed E-state index contributed by atoms with van der Waals surface area (Å²) in [6, 6.07) is 5.00. The first kappa shape index (κ1) is 30.7. The molecule has 1 aromatic heterocycles. The summed E-state index contributed by atoms with van der Waals surface area (Å²) < 4.78 is 86.6. The zero-order valence-corrected chi connectivity index (χ0v) is 23.0. The summed E-state index contributed by atoms with van der Waals surface area (Å²) in [5.74, 6) is -6.70. The number of hydrogen-bond acceptors (Lipinski definition) is 6. The number of ether oxygens (including phenoxy) is 3. The Kier molecular flexibility index (Phi) is 8.93. The van der Waals surface area contributed by atoms with E-state index in [1.807, 2.05) is 25.8 Å². The number of likely N-dealkylation sites (N-methyl/N-ethyl adjacent to an activating group) is 1. The molecule has 2 heterocycles.